The Morgan fingerprint density at radius 1 is 1.56 bits per heavy atom. The first-order chi connectivity index (χ1) is 8.54. The summed E-state index contributed by atoms with van der Waals surface area (Å²) in [6, 6.07) is 6.08. The van der Waals surface area contributed by atoms with Crippen LogP contribution in [0, 0.1) is 10.1 Å². The minimum Gasteiger partial charge on any atom is -0.341 e. The molecule has 18 heavy (non-hydrogen) atoms. The summed E-state index contributed by atoms with van der Waals surface area (Å²) in [5.41, 5.74) is 5.94. The molecule has 0 heterocycles. The van der Waals surface area contributed by atoms with Gasteiger partial charge in [-0.1, -0.05) is 12.1 Å². The summed E-state index contributed by atoms with van der Waals surface area (Å²) in [5.74, 6) is -0.188. The molecule has 0 bridgehead atoms. The van der Waals surface area contributed by atoms with E-state index in [0.717, 1.165) is 0 Å². The van der Waals surface area contributed by atoms with E-state index in [1.807, 2.05) is 0 Å². The normalized spacial score (nSPS) is 10.6. The zero-order valence-electron chi connectivity index (χ0n) is 10.1. The number of carbonyl (C=O) groups is 1. The van der Waals surface area contributed by atoms with Crippen LogP contribution in [-0.4, -0.2) is 35.9 Å². The highest BCUT2D eigenvalue weighted by Crippen LogP contribution is 2.14. The number of carbonyl (C=O) groups excluding carboxylic acids is 1. The van der Waals surface area contributed by atoms with Gasteiger partial charge in [-0.05, 0) is 11.6 Å². The fourth-order valence-corrected chi connectivity index (χ4v) is 1.34. The maximum atomic E-state index is 11.6. The second-order valence-electron chi connectivity index (χ2n) is 3.73. The van der Waals surface area contributed by atoms with Gasteiger partial charge in [0.05, 0.1) is 4.92 Å². The predicted octanol–water partition coefficient (Wildman–Crippen LogP) is 1.03. The van der Waals surface area contributed by atoms with Crippen LogP contribution in [0.25, 0.3) is 6.08 Å². The monoisotopic (exact) mass is 249 g/mol. The highest BCUT2D eigenvalue weighted by atomic mass is 16.6. The van der Waals surface area contributed by atoms with E-state index in [1.54, 1.807) is 25.3 Å². The summed E-state index contributed by atoms with van der Waals surface area (Å²) >= 11 is 0. The number of nitrogens with two attached hydrogens (primary N) is 1. The van der Waals surface area contributed by atoms with Gasteiger partial charge < -0.3 is 10.6 Å². The lowest BCUT2D eigenvalue weighted by atomic mass is 10.2. The van der Waals surface area contributed by atoms with Gasteiger partial charge in [0.1, 0.15) is 0 Å². The van der Waals surface area contributed by atoms with Crippen LogP contribution in [-0.2, 0) is 4.79 Å². The van der Waals surface area contributed by atoms with Gasteiger partial charge in [-0.3, -0.25) is 14.9 Å². The summed E-state index contributed by atoms with van der Waals surface area (Å²) in [4.78, 5) is 23.2. The molecule has 0 fully saturated rings. The molecule has 6 nitrogen and oxygen atoms in total. The summed E-state index contributed by atoms with van der Waals surface area (Å²) in [7, 11) is 1.65. The van der Waals surface area contributed by atoms with E-state index in [0.29, 0.717) is 18.7 Å². The van der Waals surface area contributed by atoms with Crippen LogP contribution in [0.2, 0.25) is 0 Å². The molecule has 0 unspecified atom stereocenters. The lowest BCUT2D eigenvalue weighted by molar-refractivity contribution is -0.384. The summed E-state index contributed by atoms with van der Waals surface area (Å²) in [5, 5.41) is 10.6. The first-order valence-electron chi connectivity index (χ1n) is 5.42. The standard InChI is InChI=1S/C12H15N3O3/c1-14(8-7-13)12(16)6-5-10-3-2-4-11(9-10)15(17)18/h2-6,9H,7-8,13H2,1H3. The molecule has 96 valence electrons. The SMILES string of the molecule is CN(CCN)C(=O)C=Cc1cccc([N+](=O)[O-])c1. The van der Waals surface area contributed by atoms with Gasteiger partial charge in [0.25, 0.3) is 5.69 Å². The topological polar surface area (TPSA) is 89.5 Å². The Balaban J connectivity index is 2.75. The maximum Gasteiger partial charge on any atom is 0.270 e. The van der Waals surface area contributed by atoms with Gasteiger partial charge in [-0.2, -0.15) is 0 Å². The average molecular weight is 249 g/mol. The number of hydrogen-bond donors (Lipinski definition) is 1. The highest BCUT2D eigenvalue weighted by Gasteiger charge is 2.05. The van der Waals surface area contributed by atoms with Crippen LogP contribution in [0.15, 0.2) is 30.3 Å². The van der Waals surface area contributed by atoms with Crippen molar-refractivity contribution >= 4 is 17.7 Å². The number of nitrogens with zero attached hydrogens (tertiary/aromatic N) is 2. The number of non-ortho nitro benzene ring substituents is 1. The quantitative estimate of drug-likeness (QED) is 0.479. The molecule has 0 aromatic heterocycles. The summed E-state index contributed by atoms with van der Waals surface area (Å²) in [6.45, 7) is 0.866. The van der Waals surface area contributed by atoms with Crippen LogP contribution >= 0.6 is 0 Å². The Hall–Kier alpha value is -2.21. The Bertz CT molecular complexity index is 471. The van der Waals surface area contributed by atoms with Crippen LogP contribution in [0.1, 0.15) is 5.56 Å². The predicted molar refractivity (Wildman–Crippen MR) is 68.8 cm³/mol. The molecule has 1 aromatic carbocycles. The van der Waals surface area contributed by atoms with E-state index in [4.69, 9.17) is 5.73 Å². The van der Waals surface area contributed by atoms with Crippen LogP contribution in [0.4, 0.5) is 5.69 Å². The highest BCUT2D eigenvalue weighted by molar-refractivity contribution is 5.91. The molecule has 6 heteroatoms. The molecule has 0 aliphatic rings. The molecule has 0 aliphatic carbocycles. The second kappa shape index (κ2) is 6.51. The van der Waals surface area contributed by atoms with Gasteiger partial charge >= 0.3 is 0 Å². The number of amides is 1. The Kier molecular flexibility index (Phi) is 5.01. The number of nitro groups is 1. The van der Waals surface area contributed by atoms with Crippen molar-refractivity contribution in [3.05, 3.63) is 46.0 Å². The smallest absolute Gasteiger partial charge is 0.270 e. The molecule has 0 atom stereocenters. The number of rotatable bonds is 5. The van der Waals surface area contributed by atoms with E-state index in [1.165, 1.54) is 23.1 Å². The molecule has 0 radical (unpaired) electrons. The van der Waals surface area contributed by atoms with Crippen molar-refractivity contribution in [1.29, 1.82) is 0 Å². The molecule has 2 N–H and O–H groups in total. The van der Waals surface area contributed by atoms with Gasteiger partial charge in [-0.25, -0.2) is 0 Å². The molecule has 1 aromatic rings. The first kappa shape index (κ1) is 13.9. The fourth-order valence-electron chi connectivity index (χ4n) is 1.34. The van der Waals surface area contributed by atoms with Crippen molar-refractivity contribution in [3.63, 3.8) is 0 Å². The lowest BCUT2D eigenvalue weighted by Crippen LogP contribution is -2.30. The Labute approximate surface area is 105 Å². The van der Waals surface area contributed by atoms with Crippen molar-refractivity contribution < 1.29 is 9.72 Å². The van der Waals surface area contributed by atoms with E-state index >= 15 is 0 Å². The molecule has 0 spiro atoms. The maximum absolute atomic E-state index is 11.6. The third-order valence-corrected chi connectivity index (χ3v) is 2.34. The number of nitro benzene ring substituents is 1. The van der Waals surface area contributed by atoms with Crippen molar-refractivity contribution in [2.24, 2.45) is 5.73 Å². The number of likely N-dealkylation sites (N-methyl/N-ethyl adjacent to an activating group) is 1. The Morgan fingerprint density at radius 2 is 2.28 bits per heavy atom. The van der Waals surface area contributed by atoms with Crippen LogP contribution < -0.4 is 5.73 Å². The zero-order chi connectivity index (χ0) is 13.5. The van der Waals surface area contributed by atoms with Crippen LogP contribution in [0.5, 0.6) is 0 Å². The van der Waals surface area contributed by atoms with E-state index in [2.05, 4.69) is 0 Å². The average Bonchev–Trinajstić information content (AvgIpc) is 2.36. The minimum absolute atomic E-state index is 0.0000817. The summed E-state index contributed by atoms with van der Waals surface area (Å²) < 4.78 is 0. The van der Waals surface area contributed by atoms with Gasteiger partial charge in [0.2, 0.25) is 5.91 Å². The third-order valence-electron chi connectivity index (χ3n) is 2.34. The van der Waals surface area contributed by atoms with E-state index in [-0.39, 0.29) is 11.6 Å². The van der Waals surface area contributed by atoms with Crippen LogP contribution in [0.3, 0.4) is 0 Å². The van der Waals surface area contributed by atoms with Crippen molar-refractivity contribution in [2.75, 3.05) is 20.1 Å². The summed E-state index contributed by atoms with van der Waals surface area (Å²) in [6.07, 6.45) is 2.91. The van der Waals surface area contributed by atoms with E-state index in [9.17, 15) is 14.9 Å². The molecule has 0 saturated heterocycles. The lowest BCUT2D eigenvalue weighted by Gasteiger charge is -2.12. The van der Waals surface area contributed by atoms with Crippen molar-refractivity contribution in [1.82, 2.24) is 4.90 Å². The molecule has 1 rings (SSSR count). The van der Waals surface area contributed by atoms with Gasteiger partial charge in [0, 0.05) is 38.3 Å². The number of benzene rings is 1. The van der Waals surface area contributed by atoms with E-state index < -0.39 is 4.92 Å². The molecule has 1 amide bonds. The fraction of sp³-hybridized carbons (Fsp3) is 0.250. The largest absolute Gasteiger partial charge is 0.341 e. The first-order valence-corrected chi connectivity index (χ1v) is 5.42. The molecule has 0 saturated carbocycles. The second-order valence-corrected chi connectivity index (χ2v) is 3.73. The van der Waals surface area contributed by atoms with Gasteiger partial charge in [0.15, 0.2) is 0 Å². The van der Waals surface area contributed by atoms with Gasteiger partial charge in [-0.15, -0.1) is 0 Å². The molecule has 0 aliphatic heterocycles. The minimum atomic E-state index is -0.473. The Morgan fingerprint density at radius 3 is 2.89 bits per heavy atom. The molecular formula is C12H15N3O3. The van der Waals surface area contributed by atoms with Crippen molar-refractivity contribution in [2.45, 2.75) is 0 Å². The number of hydrogen-bond acceptors (Lipinski definition) is 4. The van der Waals surface area contributed by atoms with Crippen molar-refractivity contribution in [3.8, 4) is 0 Å². The third kappa shape index (κ3) is 3.99. The molecular weight excluding hydrogens is 234 g/mol. The zero-order valence-corrected chi connectivity index (χ0v) is 10.1.